The molecule has 3 rings (SSSR count). The zero-order chi connectivity index (χ0) is 14.9. The predicted octanol–water partition coefficient (Wildman–Crippen LogP) is 1.48. The lowest BCUT2D eigenvalue weighted by Crippen LogP contribution is -2.56. The number of morpholine rings is 1. The molecular weight excluding hydrogens is 339 g/mol. The van der Waals surface area contributed by atoms with Crippen LogP contribution in [0.3, 0.4) is 0 Å². The van der Waals surface area contributed by atoms with E-state index < -0.39 is 5.60 Å². The van der Waals surface area contributed by atoms with Gasteiger partial charge in [0.1, 0.15) is 5.60 Å². The van der Waals surface area contributed by atoms with Crippen LogP contribution in [-0.4, -0.2) is 52.9 Å². The Morgan fingerprint density at radius 1 is 1.43 bits per heavy atom. The number of piperidine rings is 1. The van der Waals surface area contributed by atoms with Gasteiger partial charge in [-0.3, -0.25) is 9.48 Å². The van der Waals surface area contributed by atoms with Crippen LogP contribution in [0.25, 0.3) is 0 Å². The molecule has 1 aromatic heterocycles. The van der Waals surface area contributed by atoms with E-state index in [9.17, 15) is 4.79 Å². The molecular formula is C15H26Cl2N4O2. The third-order valence-corrected chi connectivity index (χ3v) is 4.51. The number of hydrogen-bond acceptors (Lipinski definition) is 4. The van der Waals surface area contributed by atoms with Gasteiger partial charge in [-0.25, -0.2) is 0 Å². The molecule has 2 fully saturated rings. The lowest BCUT2D eigenvalue weighted by Gasteiger charge is -2.41. The van der Waals surface area contributed by atoms with Gasteiger partial charge in [-0.15, -0.1) is 24.8 Å². The maximum Gasteiger partial charge on any atom is 0.239 e. The zero-order valence-electron chi connectivity index (χ0n) is 13.7. The molecule has 2 aliphatic heterocycles. The number of nitrogens with zero attached hydrogens (tertiary/aromatic N) is 3. The van der Waals surface area contributed by atoms with Crippen molar-refractivity contribution in [2.75, 3.05) is 26.2 Å². The van der Waals surface area contributed by atoms with Gasteiger partial charge < -0.3 is 15.0 Å². The minimum atomic E-state index is -0.461. The number of carbonyl (C=O) groups excluding carboxylic acids is 1. The molecule has 0 aromatic carbocycles. The van der Waals surface area contributed by atoms with Crippen LogP contribution >= 0.6 is 24.8 Å². The number of carbonyl (C=O) groups is 1. The standard InChI is InChI=1S/C15H24N4O2.2ClH/c1-15(12-9-17-18(2)10-12)11-19(7-8-21-15)14(20)13-5-3-4-6-16-13;;/h9-10,13,16H,3-8,11H2,1-2H3;2*1H/t13-,15?;;/m1../s1. The highest BCUT2D eigenvalue weighted by atomic mass is 35.5. The van der Waals surface area contributed by atoms with E-state index >= 15 is 0 Å². The third kappa shape index (κ3) is 4.38. The van der Waals surface area contributed by atoms with Gasteiger partial charge in [0.05, 0.1) is 25.4 Å². The molecule has 0 bridgehead atoms. The second-order valence-electron chi connectivity index (χ2n) is 6.24. The highest BCUT2D eigenvalue weighted by molar-refractivity contribution is 5.85. The van der Waals surface area contributed by atoms with Crippen LogP contribution in [0.1, 0.15) is 31.7 Å². The first-order chi connectivity index (χ1) is 10.1. The molecule has 0 saturated carbocycles. The molecule has 0 spiro atoms. The molecule has 2 atom stereocenters. The Morgan fingerprint density at radius 2 is 2.22 bits per heavy atom. The molecule has 3 heterocycles. The van der Waals surface area contributed by atoms with Gasteiger partial charge in [0.2, 0.25) is 5.91 Å². The molecule has 1 amide bonds. The van der Waals surface area contributed by atoms with Crippen molar-refractivity contribution in [3.8, 4) is 0 Å². The van der Waals surface area contributed by atoms with Gasteiger partial charge in [0, 0.05) is 25.4 Å². The molecule has 8 heteroatoms. The Morgan fingerprint density at radius 3 is 2.83 bits per heavy atom. The van der Waals surface area contributed by atoms with Crippen LogP contribution in [0, 0.1) is 0 Å². The van der Waals surface area contributed by atoms with Crippen molar-refractivity contribution in [3.05, 3.63) is 18.0 Å². The SMILES string of the molecule is Cl.Cl.Cn1cc(C2(C)CN(C(=O)[C@H]3CCCCN3)CCO2)cn1. The predicted molar refractivity (Wildman–Crippen MR) is 93.2 cm³/mol. The van der Waals surface area contributed by atoms with Crippen LogP contribution in [0.2, 0.25) is 0 Å². The first-order valence-corrected chi connectivity index (χ1v) is 7.74. The topological polar surface area (TPSA) is 59.4 Å². The summed E-state index contributed by atoms with van der Waals surface area (Å²) in [6.07, 6.45) is 7.04. The molecule has 2 aliphatic rings. The van der Waals surface area contributed by atoms with Gasteiger partial charge in [-0.2, -0.15) is 5.10 Å². The van der Waals surface area contributed by atoms with Crippen LogP contribution in [0.5, 0.6) is 0 Å². The van der Waals surface area contributed by atoms with E-state index in [1.165, 1.54) is 6.42 Å². The summed E-state index contributed by atoms with van der Waals surface area (Å²) in [4.78, 5) is 14.6. The average Bonchev–Trinajstić information content (AvgIpc) is 2.95. The quantitative estimate of drug-likeness (QED) is 0.863. The lowest BCUT2D eigenvalue weighted by molar-refractivity contribution is -0.152. The van der Waals surface area contributed by atoms with Gasteiger partial charge in [0.25, 0.3) is 0 Å². The Balaban J connectivity index is 0.00000132. The van der Waals surface area contributed by atoms with E-state index in [0.29, 0.717) is 19.7 Å². The Kier molecular flexibility index (Phi) is 7.32. The van der Waals surface area contributed by atoms with E-state index in [2.05, 4.69) is 10.4 Å². The van der Waals surface area contributed by atoms with Crippen molar-refractivity contribution in [1.29, 1.82) is 0 Å². The summed E-state index contributed by atoms with van der Waals surface area (Å²) < 4.78 is 7.74. The molecule has 6 nitrogen and oxygen atoms in total. The van der Waals surface area contributed by atoms with E-state index in [0.717, 1.165) is 24.9 Å². The average molecular weight is 365 g/mol. The maximum atomic E-state index is 12.7. The van der Waals surface area contributed by atoms with Crippen LogP contribution in [0.4, 0.5) is 0 Å². The number of aryl methyl sites for hydroxylation is 1. The number of ether oxygens (including phenoxy) is 1. The van der Waals surface area contributed by atoms with E-state index in [-0.39, 0.29) is 36.8 Å². The maximum absolute atomic E-state index is 12.7. The van der Waals surface area contributed by atoms with Gasteiger partial charge >= 0.3 is 0 Å². The highest BCUT2D eigenvalue weighted by Gasteiger charge is 2.38. The fourth-order valence-electron chi connectivity index (χ4n) is 3.21. The zero-order valence-corrected chi connectivity index (χ0v) is 15.3. The van der Waals surface area contributed by atoms with E-state index in [1.54, 1.807) is 4.68 Å². The monoisotopic (exact) mass is 364 g/mol. The number of aromatic nitrogens is 2. The summed E-state index contributed by atoms with van der Waals surface area (Å²) >= 11 is 0. The van der Waals surface area contributed by atoms with Crippen molar-refractivity contribution >= 4 is 30.7 Å². The molecule has 0 aliphatic carbocycles. The Bertz CT molecular complexity index is 519. The highest BCUT2D eigenvalue weighted by Crippen LogP contribution is 2.29. The third-order valence-electron chi connectivity index (χ3n) is 4.51. The molecule has 1 N–H and O–H groups in total. The lowest BCUT2D eigenvalue weighted by atomic mass is 9.95. The van der Waals surface area contributed by atoms with Crippen LogP contribution < -0.4 is 5.32 Å². The summed E-state index contributed by atoms with van der Waals surface area (Å²) in [6, 6.07) is -0.0185. The summed E-state index contributed by atoms with van der Waals surface area (Å²) in [7, 11) is 1.89. The number of amides is 1. The van der Waals surface area contributed by atoms with E-state index in [4.69, 9.17) is 4.74 Å². The Hall–Kier alpha value is -0.820. The smallest absolute Gasteiger partial charge is 0.239 e. The first-order valence-electron chi connectivity index (χ1n) is 7.74. The van der Waals surface area contributed by atoms with Gasteiger partial charge in [-0.1, -0.05) is 6.42 Å². The molecule has 0 radical (unpaired) electrons. The van der Waals surface area contributed by atoms with Crippen molar-refractivity contribution < 1.29 is 9.53 Å². The summed E-state index contributed by atoms with van der Waals surface area (Å²) in [6.45, 7) is 4.82. The summed E-state index contributed by atoms with van der Waals surface area (Å²) in [5.41, 5.74) is 0.565. The molecule has 132 valence electrons. The Labute approximate surface area is 149 Å². The van der Waals surface area contributed by atoms with Crippen LogP contribution in [-0.2, 0) is 22.2 Å². The molecule has 1 unspecified atom stereocenters. The largest absolute Gasteiger partial charge is 0.367 e. The van der Waals surface area contributed by atoms with Crippen LogP contribution in [0.15, 0.2) is 12.4 Å². The minimum absolute atomic E-state index is 0. The minimum Gasteiger partial charge on any atom is -0.367 e. The number of hydrogen-bond donors (Lipinski definition) is 1. The number of nitrogens with one attached hydrogen (secondary N) is 1. The summed E-state index contributed by atoms with van der Waals surface area (Å²) in [5.74, 6) is 0.216. The van der Waals surface area contributed by atoms with Crippen molar-refractivity contribution in [3.63, 3.8) is 0 Å². The summed E-state index contributed by atoms with van der Waals surface area (Å²) in [5, 5.41) is 7.56. The van der Waals surface area contributed by atoms with Crippen molar-refractivity contribution in [2.45, 2.75) is 37.8 Å². The molecule has 1 aromatic rings. The number of halogens is 2. The van der Waals surface area contributed by atoms with E-state index in [1.807, 2.05) is 31.3 Å². The van der Waals surface area contributed by atoms with Crippen molar-refractivity contribution in [2.24, 2.45) is 7.05 Å². The number of rotatable bonds is 2. The van der Waals surface area contributed by atoms with Gasteiger partial charge in [-0.05, 0) is 26.3 Å². The molecule has 2 saturated heterocycles. The molecule has 23 heavy (non-hydrogen) atoms. The van der Waals surface area contributed by atoms with Gasteiger partial charge in [0.15, 0.2) is 0 Å². The second-order valence-corrected chi connectivity index (χ2v) is 6.24. The fourth-order valence-corrected chi connectivity index (χ4v) is 3.21. The first kappa shape index (κ1) is 20.2. The second kappa shape index (κ2) is 8.33. The fraction of sp³-hybridized carbons (Fsp3) is 0.733. The normalized spacial score (nSPS) is 27.7. The van der Waals surface area contributed by atoms with Crippen molar-refractivity contribution in [1.82, 2.24) is 20.0 Å².